The van der Waals surface area contributed by atoms with Gasteiger partial charge in [-0.1, -0.05) is 18.2 Å². The minimum atomic E-state index is -0.972. The zero-order valence-corrected chi connectivity index (χ0v) is 11.6. The first-order chi connectivity index (χ1) is 9.97. The first kappa shape index (κ1) is 14.6. The van der Waals surface area contributed by atoms with Crippen LogP contribution in [0.15, 0.2) is 42.5 Å². The van der Waals surface area contributed by atoms with Gasteiger partial charge in [0.1, 0.15) is 0 Å². The molecule has 4 N–H and O–H groups in total. The van der Waals surface area contributed by atoms with Gasteiger partial charge in [0.15, 0.2) is 0 Å². The standard InChI is InChI=1S/C16H16N2O3/c1-10-2-5-13(8-14(10)17)15(19)18-9-11-3-6-12(7-4-11)16(20)21/h2-8H,9,17H2,1H3,(H,18,19)(H,20,21). The average molecular weight is 284 g/mol. The van der Waals surface area contributed by atoms with E-state index in [0.717, 1.165) is 11.1 Å². The minimum Gasteiger partial charge on any atom is -0.478 e. The number of nitrogens with two attached hydrogens (primary N) is 1. The van der Waals surface area contributed by atoms with Gasteiger partial charge in [-0.3, -0.25) is 4.79 Å². The Morgan fingerprint density at radius 3 is 2.29 bits per heavy atom. The van der Waals surface area contributed by atoms with Crippen LogP contribution in [-0.2, 0) is 6.54 Å². The van der Waals surface area contributed by atoms with Crippen LogP contribution in [0.5, 0.6) is 0 Å². The number of rotatable bonds is 4. The first-order valence-corrected chi connectivity index (χ1v) is 6.44. The van der Waals surface area contributed by atoms with Crippen molar-refractivity contribution in [2.75, 3.05) is 5.73 Å². The maximum atomic E-state index is 12.0. The number of nitrogen functional groups attached to an aromatic ring is 1. The lowest BCUT2D eigenvalue weighted by atomic mass is 10.1. The number of nitrogens with one attached hydrogen (secondary N) is 1. The predicted octanol–water partition coefficient (Wildman–Crippen LogP) is 2.21. The molecule has 1 amide bonds. The molecule has 5 heteroatoms. The third-order valence-corrected chi connectivity index (χ3v) is 3.20. The number of aromatic carboxylic acids is 1. The van der Waals surface area contributed by atoms with Crippen LogP contribution in [0.3, 0.4) is 0 Å². The van der Waals surface area contributed by atoms with Crippen LogP contribution in [0.25, 0.3) is 0 Å². The van der Waals surface area contributed by atoms with E-state index < -0.39 is 5.97 Å². The second kappa shape index (κ2) is 6.09. The van der Waals surface area contributed by atoms with Crippen LogP contribution in [0, 0.1) is 6.92 Å². The molecule has 0 saturated carbocycles. The number of carbonyl (C=O) groups is 2. The summed E-state index contributed by atoms with van der Waals surface area (Å²) in [5.41, 5.74) is 8.83. The fourth-order valence-corrected chi connectivity index (χ4v) is 1.83. The molecule has 0 heterocycles. The molecular formula is C16H16N2O3. The van der Waals surface area contributed by atoms with E-state index in [9.17, 15) is 9.59 Å². The lowest BCUT2D eigenvalue weighted by Crippen LogP contribution is -2.23. The topological polar surface area (TPSA) is 92.4 Å². The van der Waals surface area contributed by atoms with Crippen LogP contribution in [0.1, 0.15) is 31.8 Å². The molecule has 0 saturated heterocycles. The summed E-state index contributed by atoms with van der Waals surface area (Å²) >= 11 is 0. The van der Waals surface area contributed by atoms with E-state index in [0.29, 0.717) is 17.8 Å². The number of hydrogen-bond acceptors (Lipinski definition) is 3. The molecule has 0 bridgehead atoms. The van der Waals surface area contributed by atoms with Crippen LogP contribution < -0.4 is 11.1 Å². The van der Waals surface area contributed by atoms with Crippen molar-refractivity contribution in [3.05, 3.63) is 64.7 Å². The Hall–Kier alpha value is -2.82. The highest BCUT2D eigenvalue weighted by Gasteiger charge is 2.07. The molecule has 0 unspecified atom stereocenters. The molecule has 21 heavy (non-hydrogen) atoms. The Bertz CT molecular complexity index is 678. The maximum Gasteiger partial charge on any atom is 0.335 e. The molecule has 0 radical (unpaired) electrons. The van der Waals surface area contributed by atoms with Crippen molar-refractivity contribution in [1.29, 1.82) is 0 Å². The quantitative estimate of drug-likeness (QED) is 0.750. The number of carbonyl (C=O) groups excluding carboxylic acids is 1. The van der Waals surface area contributed by atoms with E-state index in [1.165, 1.54) is 12.1 Å². The van der Waals surface area contributed by atoms with Crippen molar-refractivity contribution in [2.24, 2.45) is 0 Å². The Morgan fingerprint density at radius 2 is 1.71 bits per heavy atom. The smallest absolute Gasteiger partial charge is 0.335 e. The van der Waals surface area contributed by atoms with Crippen molar-refractivity contribution in [3.63, 3.8) is 0 Å². The SMILES string of the molecule is Cc1ccc(C(=O)NCc2ccc(C(=O)O)cc2)cc1N. The summed E-state index contributed by atoms with van der Waals surface area (Å²) in [5.74, 6) is -1.19. The van der Waals surface area contributed by atoms with Crippen molar-refractivity contribution < 1.29 is 14.7 Å². The second-order valence-corrected chi connectivity index (χ2v) is 4.76. The molecule has 0 fully saturated rings. The fraction of sp³-hybridized carbons (Fsp3) is 0.125. The molecule has 108 valence electrons. The predicted molar refractivity (Wildman–Crippen MR) is 80.2 cm³/mol. The first-order valence-electron chi connectivity index (χ1n) is 6.44. The number of carboxylic acids is 1. The number of aryl methyl sites for hydroxylation is 1. The molecule has 5 nitrogen and oxygen atoms in total. The summed E-state index contributed by atoms with van der Waals surface area (Å²) in [6.45, 7) is 2.20. The van der Waals surface area contributed by atoms with Gasteiger partial charge in [-0.25, -0.2) is 4.79 Å². The molecule has 0 spiro atoms. The van der Waals surface area contributed by atoms with E-state index in [2.05, 4.69) is 5.32 Å². The zero-order valence-electron chi connectivity index (χ0n) is 11.6. The minimum absolute atomic E-state index is 0.219. The summed E-state index contributed by atoms with van der Waals surface area (Å²) in [7, 11) is 0. The van der Waals surface area contributed by atoms with Gasteiger partial charge in [0.2, 0.25) is 0 Å². The van der Waals surface area contributed by atoms with Gasteiger partial charge in [-0.05, 0) is 42.3 Å². The summed E-state index contributed by atoms with van der Waals surface area (Å²) in [6.07, 6.45) is 0. The lowest BCUT2D eigenvalue weighted by molar-refractivity contribution is 0.0696. The Labute approximate surface area is 122 Å². The van der Waals surface area contributed by atoms with Crippen LogP contribution >= 0.6 is 0 Å². The Morgan fingerprint density at radius 1 is 1.10 bits per heavy atom. The van der Waals surface area contributed by atoms with E-state index >= 15 is 0 Å². The summed E-state index contributed by atoms with van der Waals surface area (Å²) < 4.78 is 0. The highest BCUT2D eigenvalue weighted by atomic mass is 16.4. The Kier molecular flexibility index (Phi) is 4.23. The number of benzene rings is 2. The van der Waals surface area contributed by atoms with Gasteiger partial charge in [-0.15, -0.1) is 0 Å². The molecule has 0 atom stereocenters. The molecule has 2 rings (SSSR count). The highest BCUT2D eigenvalue weighted by molar-refractivity contribution is 5.95. The molecule has 0 aliphatic rings. The maximum absolute atomic E-state index is 12.0. The van der Waals surface area contributed by atoms with E-state index in [-0.39, 0.29) is 11.5 Å². The van der Waals surface area contributed by atoms with Gasteiger partial charge in [0.05, 0.1) is 5.56 Å². The van der Waals surface area contributed by atoms with Crippen molar-refractivity contribution in [1.82, 2.24) is 5.32 Å². The fourth-order valence-electron chi connectivity index (χ4n) is 1.83. The average Bonchev–Trinajstić information content (AvgIpc) is 2.48. The van der Waals surface area contributed by atoms with Crippen LogP contribution in [0.2, 0.25) is 0 Å². The van der Waals surface area contributed by atoms with E-state index in [4.69, 9.17) is 10.8 Å². The van der Waals surface area contributed by atoms with Crippen LogP contribution in [-0.4, -0.2) is 17.0 Å². The van der Waals surface area contributed by atoms with Gasteiger partial charge in [0, 0.05) is 17.8 Å². The molecule has 0 aromatic heterocycles. The van der Waals surface area contributed by atoms with E-state index in [1.54, 1.807) is 30.3 Å². The number of amides is 1. The summed E-state index contributed by atoms with van der Waals surface area (Å²) in [6, 6.07) is 11.5. The number of hydrogen-bond donors (Lipinski definition) is 3. The third kappa shape index (κ3) is 3.60. The highest BCUT2D eigenvalue weighted by Crippen LogP contribution is 2.13. The monoisotopic (exact) mass is 284 g/mol. The van der Waals surface area contributed by atoms with Crippen molar-refractivity contribution >= 4 is 17.6 Å². The van der Waals surface area contributed by atoms with Crippen molar-refractivity contribution in [2.45, 2.75) is 13.5 Å². The summed E-state index contributed by atoms with van der Waals surface area (Å²) in [4.78, 5) is 22.7. The van der Waals surface area contributed by atoms with Gasteiger partial charge in [-0.2, -0.15) is 0 Å². The second-order valence-electron chi connectivity index (χ2n) is 4.76. The number of anilines is 1. The van der Waals surface area contributed by atoms with Gasteiger partial charge in [0.25, 0.3) is 5.91 Å². The summed E-state index contributed by atoms with van der Waals surface area (Å²) in [5, 5.41) is 11.6. The Balaban J connectivity index is 2.00. The third-order valence-electron chi connectivity index (χ3n) is 3.20. The number of carboxylic acid groups (broad SMARTS) is 1. The lowest BCUT2D eigenvalue weighted by Gasteiger charge is -2.07. The molecule has 0 aliphatic heterocycles. The molecule has 2 aromatic carbocycles. The zero-order chi connectivity index (χ0) is 15.4. The molecule has 0 aliphatic carbocycles. The van der Waals surface area contributed by atoms with Gasteiger partial charge < -0.3 is 16.2 Å². The normalized spacial score (nSPS) is 10.1. The molecular weight excluding hydrogens is 268 g/mol. The van der Waals surface area contributed by atoms with E-state index in [1.807, 2.05) is 6.92 Å². The molecule has 2 aromatic rings. The van der Waals surface area contributed by atoms with Crippen molar-refractivity contribution in [3.8, 4) is 0 Å². The largest absolute Gasteiger partial charge is 0.478 e. The van der Waals surface area contributed by atoms with Gasteiger partial charge >= 0.3 is 5.97 Å². The van der Waals surface area contributed by atoms with Crippen LogP contribution in [0.4, 0.5) is 5.69 Å².